The molecule has 0 aliphatic carbocycles. The Bertz CT molecular complexity index is 165. The van der Waals surface area contributed by atoms with Crippen LogP contribution in [0.25, 0.3) is 0 Å². The number of rotatable bonds is 9. The number of halogens is 2. The monoisotopic (exact) mass is 260 g/mol. The Hall–Kier alpha value is -0.0700. The van der Waals surface area contributed by atoms with E-state index in [0.717, 1.165) is 0 Å². The molecule has 0 bridgehead atoms. The van der Waals surface area contributed by atoms with E-state index in [1.54, 1.807) is 0 Å². The van der Waals surface area contributed by atoms with Crippen molar-refractivity contribution in [2.45, 2.75) is 4.84 Å². The summed E-state index contributed by atoms with van der Waals surface area (Å²) in [6, 6.07) is 0. The van der Waals surface area contributed by atoms with Crippen LogP contribution >= 0.6 is 23.2 Å². The smallest absolute Gasteiger partial charge is 0.339 e. The van der Waals surface area contributed by atoms with Crippen LogP contribution in [0.5, 0.6) is 0 Å². The summed E-state index contributed by atoms with van der Waals surface area (Å²) in [7, 11) is 0. The van der Waals surface area contributed by atoms with Gasteiger partial charge in [0.15, 0.2) is 0 Å². The highest BCUT2D eigenvalue weighted by Crippen LogP contribution is 2.03. The SMILES string of the molecule is O=C(OCCOCCOCCO)C(Cl)Cl. The topological polar surface area (TPSA) is 65.0 Å². The first kappa shape index (κ1) is 14.9. The number of alkyl halides is 2. The predicted octanol–water partition coefficient (Wildman–Crippen LogP) is 0.359. The van der Waals surface area contributed by atoms with Gasteiger partial charge in [0.25, 0.3) is 0 Å². The van der Waals surface area contributed by atoms with Crippen LogP contribution < -0.4 is 0 Å². The van der Waals surface area contributed by atoms with Crippen LogP contribution in [0, 0.1) is 0 Å². The molecule has 0 spiro atoms. The highest BCUT2D eigenvalue weighted by atomic mass is 35.5. The minimum atomic E-state index is -1.15. The molecule has 7 heteroatoms. The minimum absolute atomic E-state index is 0.00948. The fourth-order valence-electron chi connectivity index (χ4n) is 0.651. The third-order valence-electron chi connectivity index (χ3n) is 1.26. The summed E-state index contributed by atoms with van der Waals surface area (Å²) in [5.41, 5.74) is 0. The second-order valence-corrected chi connectivity index (χ2v) is 3.51. The zero-order valence-electron chi connectivity index (χ0n) is 8.16. The first-order chi connectivity index (χ1) is 7.18. The predicted molar refractivity (Wildman–Crippen MR) is 55.2 cm³/mol. The van der Waals surface area contributed by atoms with Crippen LogP contribution in [0.1, 0.15) is 0 Å². The van der Waals surface area contributed by atoms with Gasteiger partial charge in [0.2, 0.25) is 4.84 Å². The Labute approximate surface area is 98.2 Å². The summed E-state index contributed by atoms with van der Waals surface area (Å²) in [6.45, 7) is 1.41. The molecule has 0 unspecified atom stereocenters. The molecule has 1 N–H and O–H groups in total. The van der Waals surface area contributed by atoms with E-state index in [1.165, 1.54) is 0 Å². The van der Waals surface area contributed by atoms with Crippen LogP contribution in [0.2, 0.25) is 0 Å². The second kappa shape index (κ2) is 10.4. The molecule has 0 rings (SSSR count). The van der Waals surface area contributed by atoms with Gasteiger partial charge in [-0.25, -0.2) is 4.79 Å². The second-order valence-electron chi connectivity index (χ2n) is 2.42. The molecule has 0 atom stereocenters. The number of ether oxygens (including phenoxy) is 3. The summed E-state index contributed by atoms with van der Waals surface area (Å²) < 4.78 is 14.6. The average molecular weight is 261 g/mol. The Balaban J connectivity index is 3.08. The maximum Gasteiger partial charge on any atom is 0.339 e. The molecular formula is C8H14Cl2O5. The van der Waals surface area contributed by atoms with Gasteiger partial charge in [-0.2, -0.15) is 0 Å². The molecule has 0 amide bonds. The van der Waals surface area contributed by atoms with Gasteiger partial charge in [-0.05, 0) is 0 Å². The highest BCUT2D eigenvalue weighted by molar-refractivity contribution is 6.52. The average Bonchev–Trinajstić information content (AvgIpc) is 2.21. The molecular weight excluding hydrogens is 247 g/mol. The van der Waals surface area contributed by atoms with Gasteiger partial charge in [0, 0.05) is 0 Å². The third-order valence-corrected chi connectivity index (χ3v) is 1.61. The van der Waals surface area contributed by atoms with E-state index >= 15 is 0 Å². The Morgan fingerprint density at radius 2 is 1.60 bits per heavy atom. The van der Waals surface area contributed by atoms with Crippen LogP contribution in [0.3, 0.4) is 0 Å². The van der Waals surface area contributed by atoms with Crippen molar-refractivity contribution < 1.29 is 24.1 Å². The summed E-state index contributed by atoms with van der Waals surface area (Å²) >= 11 is 10.5. The van der Waals surface area contributed by atoms with E-state index in [2.05, 4.69) is 4.74 Å². The molecule has 0 fully saturated rings. The van der Waals surface area contributed by atoms with E-state index in [0.29, 0.717) is 19.8 Å². The normalized spacial score (nSPS) is 10.7. The van der Waals surface area contributed by atoms with Crippen molar-refractivity contribution in [3.63, 3.8) is 0 Å². The Kier molecular flexibility index (Phi) is 10.4. The number of hydrogen-bond acceptors (Lipinski definition) is 5. The summed E-state index contributed by atoms with van der Waals surface area (Å²) in [5, 5.41) is 8.37. The maximum absolute atomic E-state index is 10.7. The fraction of sp³-hybridized carbons (Fsp3) is 0.875. The molecule has 0 heterocycles. The van der Waals surface area contributed by atoms with Crippen molar-refractivity contribution in [1.29, 1.82) is 0 Å². The van der Waals surface area contributed by atoms with Crippen LogP contribution in [-0.2, 0) is 19.0 Å². The van der Waals surface area contributed by atoms with Crippen molar-refractivity contribution in [2.75, 3.05) is 39.6 Å². The standard InChI is InChI=1S/C8H14Cl2O5/c9-7(10)8(12)15-6-5-14-4-3-13-2-1-11/h7,11H,1-6H2. The van der Waals surface area contributed by atoms with E-state index < -0.39 is 10.8 Å². The molecule has 0 aliphatic heterocycles. The van der Waals surface area contributed by atoms with Crippen LogP contribution in [0.4, 0.5) is 0 Å². The van der Waals surface area contributed by atoms with Crippen LogP contribution in [0.15, 0.2) is 0 Å². The minimum Gasteiger partial charge on any atom is -0.461 e. The number of hydrogen-bond donors (Lipinski definition) is 1. The van der Waals surface area contributed by atoms with E-state index in [9.17, 15) is 4.79 Å². The molecule has 5 nitrogen and oxygen atoms in total. The largest absolute Gasteiger partial charge is 0.461 e. The van der Waals surface area contributed by atoms with Crippen molar-refractivity contribution in [3.8, 4) is 0 Å². The van der Waals surface area contributed by atoms with E-state index in [1.807, 2.05) is 0 Å². The molecule has 0 saturated heterocycles. The van der Waals surface area contributed by atoms with Gasteiger partial charge in [0.05, 0.1) is 33.0 Å². The van der Waals surface area contributed by atoms with Gasteiger partial charge in [-0.3, -0.25) is 0 Å². The zero-order valence-corrected chi connectivity index (χ0v) is 9.67. The lowest BCUT2D eigenvalue weighted by atomic mass is 10.7. The maximum atomic E-state index is 10.7. The number of aliphatic hydroxyl groups is 1. The number of carbonyl (C=O) groups excluding carboxylic acids is 1. The highest BCUT2D eigenvalue weighted by Gasteiger charge is 2.11. The molecule has 0 saturated carbocycles. The summed E-state index contributed by atoms with van der Waals surface area (Å²) in [4.78, 5) is 9.57. The summed E-state index contributed by atoms with van der Waals surface area (Å²) in [6.07, 6.45) is 0. The van der Waals surface area contributed by atoms with Gasteiger partial charge < -0.3 is 19.3 Å². The molecule has 90 valence electrons. The van der Waals surface area contributed by atoms with Gasteiger partial charge in [-0.15, -0.1) is 0 Å². The first-order valence-corrected chi connectivity index (χ1v) is 5.27. The number of carbonyl (C=O) groups is 1. The molecule has 0 aliphatic rings. The lowest BCUT2D eigenvalue weighted by molar-refractivity contribution is -0.143. The molecule has 0 aromatic heterocycles. The van der Waals surface area contributed by atoms with Crippen molar-refractivity contribution in [2.24, 2.45) is 0 Å². The van der Waals surface area contributed by atoms with Crippen LogP contribution in [-0.4, -0.2) is 55.6 Å². The van der Waals surface area contributed by atoms with Crippen molar-refractivity contribution in [1.82, 2.24) is 0 Å². The fourth-order valence-corrected chi connectivity index (χ4v) is 0.777. The van der Waals surface area contributed by atoms with Crippen molar-refractivity contribution in [3.05, 3.63) is 0 Å². The lowest BCUT2D eigenvalue weighted by Crippen LogP contribution is -2.17. The molecule has 15 heavy (non-hydrogen) atoms. The molecule has 0 radical (unpaired) electrons. The Morgan fingerprint density at radius 3 is 2.13 bits per heavy atom. The zero-order chi connectivity index (χ0) is 11.5. The quantitative estimate of drug-likeness (QED) is 0.369. The number of aliphatic hydroxyl groups excluding tert-OH is 1. The first-order valence-electron chi connectivity index (χ1n) is 4.39. The Morgan fingerprint density at radius 1 is 1.07 bits per heavy atom. The van der Waals surface area contributed by atoms with Gasteiger partial charge >= 0.3 is 5.97 Å². The lowest BCUT2D eigenvalue weighted by Gasteiger charge is -2.06. The van der Waals surface area contributed by atoms with Gasteiger partial charge in [-0.1, -0.05) is 23.2 Å². The van der Waals surface area contributed by atoms with Gasteiger partial charge in [0.1, 0.15) is 6.61 Å². The van der Waals surface area contributed by atoms with E-state index in [4.69, 9.17) is 37.8 Å². The summed E-state index contributed by atoms with van der Waals surface area (Å²) in [5.74, 6) is -0.682. The third kappa shape index (κ3) is 10.2. The molecule has 0 aromatic rings. The van der Waals surface area contributed by atoms with Crippen molar-refractivity contribution >= 4 is 29.2 Å². The number of esters is 1. The van der Waals surface area contributed by atoms with E-state index in [-0.39, 0.29) is 19.8 Å². The molecule has 0 aromatic carbocycles.